The van der Waals surface area contributed by atoms with E-state index in [9.17, 15) is 9.59 Å². The van der Waals surface area contributed by atoms with Gasteiger partial charge in [-0.3, -0.25) is 9.59 Å². The van der Waals surface area contributed by atoms with E-state index >= 15 is 0 Å². The van der Waals surface area contributed by atoms with Crippen LogP contribution in [0.5, 0.6) is 5.75 Å². The summed E-state index contributed by atoms with van der Waals surface area (Å²) in [5.41, 5.74) is 1.52. The molecule has 0 saturated heterocycles. The van der Waals surface area contributed by atoms with Crippen molar-refractivity contribution < 1.29 is 14.3 Å². The number of nitrogens with one attached hydrogen (secondary N) is 2. The van der Waals surface area contributed by atoms with Gasteiger partial charge in [-0.1, -0.05) is 17.7 Å². The van der Waals surface area contributed by atoms with Gasteiger partial charge < -0.3 is 20.3 Å². The number of anilines is 2. The zero-order valence-corrected chi connectivity index (χ0v) is 16.7. The van der Waals surface area contributed by atoms with E-state index in [-0.39, 0.29) is 29.3 Å². The predicted molar refractivity (Wildman–Crippen MR) is 107 cm³/mol. The van der Waals surface area contributed by atoms with Crippen molar-refractivity contribution in [3.63, 3.8) is 0 Å². The molecule has 0 bridgehead atoms. The fraction of sp³-hybridized carbons (Fsp3) is 0.368. The number of carbonyl (C=O) groups is 2. The molecular formula is C19H22ClN5O3. The van der Waals surface area contributed by atoms with Crippen molar-refractivity contribution in [3.05, 3.63) is 40.7 Å². The number of rotatable bonds is 6. The topological polar surface area (TPSA) is 96.5 Å². The first-order chi connectivity index (χ1) is 13.4. The molecule has 2 heterocycles. The third kappa shape index (κ3) is 4.17. The van der Waals surface area contributed by atoms with E-state index in [0.717, 1.165) is 18.7 Å². The van der Waals surface area contributed by atoms with Crippen LogP contribution in [0.1, 0.15) is 42.9 Å². The summed E-state index contributed by atoms with van der Waals surface area (Å²) in [6.07, 6.45) is 1.44. The number of benzene rings is 1. The molecule has 1 aromatic heterocycles. The lowest BCUT2D eigenvalue weighted by Crippen LogP contribution is -2.30. The number of amides is 2. The molecule has 0 spiro atoms. The molecule has 28 heavy (non-hydrogen) atoms. The first-order valence-electron chi connectivity index (χ1n) is 9.07. The van der Waals surface area contributed by atoms with Crippen molar-refractivity contribution in [2.45, 2.75) is 26.8 Å². The lowest BCUT2D eigenvalue weighted by Gasteiger charge is -2.21. The SMILES string of the molecule is CCN(CC)c1ncc(Cl)c(C(=O)NC(C)c2ccc3c(c2)NC(=O)CO3)n1. The van der Waals surface area contributed by atoms with E-state index in [1.165, 1.54) is 6.20 Å². The average molecular weight is 404 g/mol. The molecule has 0 aliphatic carbocycles. The molecule has 148 valence electrons. The lowest BCUT2D eigenvalue weighted by atomic mass is 10.1. The third-order valence-corrected chi connectivity index (χ3v) is 4.75. The van der Waals surface area contributed by atoms with Crippen LogP contribution in [0.3, 0.4) is 0 Å². The Hall–Kier alpha value is -2.87. The summed E-state index contributed by atoms with van der Waals surface area (Å²) in [4.78, 5) is 34.7. The van der Waals surface area contributed by atoms with E-state index in [1.54, 1.807) is 12.1 Å². The molecule has 2 aromatic rings. The lowest BCUT2D eigenvalue weighted by molar-refractivity contribution is -0.118. The van der Waals surface area contributed by atoms with E-state index in [1.807, 2.05) is 31.7 Å². The minimum absolute atomic E-state index is 0.000279. The predicted octanol–water partition coefficient (Wildman–Crippen LogP) is 2.80. The summed E-state index contributed by atoms with van der Waals surface area (Å²) >= 11 is 6.15. The van der Waals surface area contributed by atoms with Crippen LogP contribution >= 0.6 is 11.6 Å². The van der Waals surface area contributed by atoms with E-state index in [4.69, 9.17) is 16.3 Å². The third-order valence-electron chi connectivity index (χ3n) is 4.48. The molecule has 9 heteroatoms. The van der Waals surface area contributed by atoms with Gasteiger partial charge in [0.2, 0.25) is 5.95 Å². The number of aromatic nitrogens is 2. The van der Waals surface area contributed by atoms with Crippen molar-refractivity contribution in [2.24, 2.45) is 0 Å². The number of ether oxygens (including phenoxy) is 1. The van der Waals surface area contributed by atoms with Gasteiger partial charge in [0, 0.05) is 13.1 Å². The molecule has 1 aromatic carbocycles. The minimum atomic E-state index is -0.397. The maximum absolute atomic E-state index is 12.7. The molecule has 3 rings (SSSR count). The van der Waals surface area contributed by atoms with E-state index in [2.05, 4.69) is 20.6 Å². The monoisotopic (exact) mass is 403 g/mol. The summed E-state index contributed by atoms with van der Waals surface area (Å²) in [5, 5.41) is 5.83. The molecule has 8 nitrogen and oxygen atoms in total. The van der Waals surface area contributed by atoms with Crippen molar-refractivity contribution in [1.82, 2.24) is 15.3 Å². The van der Waals surface area contributed by atoms with Crippen molar-refractivity contribution in [2.75, 3.05) is 29.9 Å². The summed E-state index contributed by atoms with van der Waals surface area (Å²) < 4.78 is 5.35. The fourth-order valence-electron chi connectivity index (χ4n) is 2.89. The van der Waals surface area contributed by atoms with Gasteiger partial charge in [-0.15, -0.1) is 0 Å². The Balaban J connectivity index is 1.78. The quantitative estimate of drug-likeness (QED) is 0.769. The van der Waals surface area contributed by atoms with Gasteiger partial charge in [0.1, 0.15) is 5.75 Å². The van der Waals surface area contributed by atoms with Gasteiger partial charge >= 0.3 is 0 Å². The highest BCUT2D eigenvalue weighted by molar-refractivity contribution is 6.33. The highest BCUT2D eigenvalue weighted by atomic mass is 35.5. The Morgan fingerprint density at radius 3 is 2.86 bits per heavy atom. The molecule has 0 fully saturated rings. The van der Waals surface area contributed by atoms with Gasteiger partial charge in [-0.05, 0) is 38.5 Å². The molecular weight excluding hydrogens is 382 g/mol. The maximum atomic E-state index is 12.7. The standard InChI is InChI=1S/C19H22ClN5O3/c1-4-25(5-2)19-21-9-13(20)17(24-19)18(27)22-11(3)12-6-7-15-14(8-12)23-16(26)10-28-15/h6-9,11H,4-5,10H2,1-3H3,(H,22,27)(H,23,26). The van der Waals surface area contributed by atoms with Crippen LogP contribution in [0.15, 0.2) is 24.4 Å². The second kappa shape index (κ2) is 8.43. The number of hydrogen-bond donors (Lipinski definition) is 2. The van der Waals surface area contributed by atoms with E-state index in [0.29, 0.717) is 17.4 Å². The number of carbonyl (C=O) groups excluding carboxylic acids is 2. The molecule has 0 saturated carbocycles. The van der Waals surface area contributed by atoms with Gasteiger partial charge in [-0.2, -0.15) is 0 Å². The van der Waals surface area contributed by atoms with Gasteiger partial charge in [0.25, 0.3) is 11.8 Å². The van der Waals surface area contributed by atoms with Crippen LogP contribution < -0.4 is 20.3 Å². The number of fused-ring (bicyclic) bond motifs is 1. The fourth-order valence-corrected chi connectivity index (χ4v) is 3.07. The Kier molecular flexibility index (Phi) is 5.99. The molecule has 2 amide bonds. The number of halogens is 1. The molecule has 1 unspecified atom stereocenters. The van der Waals surface area contributed by atoms with Crippen LogP contribution in [0, 0.1) is 0 Å². The second-order valence-electron chi connectivity index (χ2n) is 6.33. The van der Waals surface area contributed by atoms with Gasteiger partial charge in [-0.25, -0.2) is 9.97 Å². The first kappa shape index (κ1) is 19.9. The second-order valence-corrected chi connectivity index (χ2v) is 6.73. The van der Waals surface area contributed by atoms with Crippen molar-refractivity contribution >= 4 is 35.1 Å². The minimum Gasteiger partial charge on any atom is -0.482 e. The van der Waals surface area contributed by atoms with Crippen LogP contribution in [0.2, 0.25) is 5.02 Å². The molecule has 1 aliphatic rings. The molecule has 1 aliphatic heterocycles. The van der Waals surface area contributed by atoms with Crippen molar-refractivity contribution in [3.8, 4) is 5.75 Å². The first-order valence-corrected chi connectivity index (χ1v) is 9.45. The highest BCUT2D eigenvalue weighted by Gasteiger charge is 2.21. The zero-order chi connectivity index (χ0) is 20.3. The van der Waals surface area contributed by atoms with Gasteiger partial charge in [0.05, 0.1) is 22.9 Å². The molecule has 1 atom stereocenters. The van der Waals surface area contributed by atoms with Crippen LogP contribution in [0.25, 0.3) is 0 Å². The van der Waals surface area contributed by atoms with Crippen LogP contribution in [-0.4, -0.2) is 41.5 Å². The number of nitrogens with zero attached hydrogens (tertiary/aromatic N) is 3. The Morgan fingerprint density at radius 2 is 2.14 bits per heavy atom. The Labute approximate surface area is 168 Å². The maximum Gasteiger partial charge on any atom is 0.272 e. The Bertz CT molecular complexity index is 901. The normalized spacial score (nSPS) is 13.8. The largest absolute Gasteiger partial charge is 0.482 e. The van der Waals surface area contributed by atoms with Crippen LogP contribution in [0.4, 0.5) is 11.6 Å². The zero-order valence-electron chi connectivity index (χ0n) is 16.0. The Morgan fingerprint density at radius 1 is 1.39 bits per heavy atom. The summed E-state index contributed by atoms with van der Waals surface area (Å²) in [6, 6.07) is 5.05. The highest BCUT2D eigenvalue weighted by Crippen LogP contribution is 2.30. The smallest absolute Gasteiger partial charge is 0.272 e. The van der Waals surface area contributed by atoms with Gasteiger partial charge in [0.15, 0.2) is 12.3 Å². The summed E-state index contributed by atoms with van der Waals surface area (Å²) in [6.45, 7) is 7.26. The van der Waals surface area contributed by atoms with E-state index < -0.39 is 5.91 Å². The van der Waals surface area contributed by atoms with Crippen molar-refractivity contribution in [1.29, 1.82) is 0 Å². The summed E-state index contributed by atoms with van der Waals surface area (Å²) in [7, 11) is 0. The molecule has 0 radical (unpaired) electrons. The van der Waals surface area contributed by atoms with Crippen LogP contribution in [-0.2, 0) is 4.79 Å². The summed E-state index contributed by atoms with van der Waals surface area (Å²) in [5.74, 6) is 0.454. The molecule has 2 N–H and O–H groups in total. The number of hydrogen-bond acceptors (Lipinski definition) is 6. The average Bonchev–Trinajstić information content (AvgIpc) is 2.69.